The van der Waals surface area contributed by atoms with E-state index in [-0.39, 0.29) is 11.4 Å². The van der Waals surface area contributed by atoms with Gasteiger partial charge in [0.1, 0.15) is 5.75 Å². The number of nitrogens with one attached hydrogen (secondary N) is 1. The van der Waals surface area contributed by atoms with Crippen molar-refractivity contribution in [2.75, 3.05) is 7.05 Å². The first-order chi connectivity index (χ1) is 9.61. The zero-order valence-electron chi connectivity index (χ0n) is 10.8. The number of hydrogen-bond acceptors (Lipinski definition) is 4. The fourth-order valence-electron chi connectivity index (χ4n) is 1.78. The summed E-state index contributed by atoms with van der Waals surface area (Å²) in [4.78, 5) is 10.6. The van der Waals surface area contributed by atoms with Crippen LogP contribution in [0.25, 0.3) is 0 Å². The molecule has 0 aliphatic rings. The standard InChI is InChI=1S/C14H13BrN2O3/c1-16-9-10-4-2-3-5-13(10)20-14-7-6-11(15)8-12(14)17(18)19/h2-8,16H,9H2,1H3. The van der Waals surface area contributed by atoms with Crippen LogP contribution in [0.5, 0.6) is 11.5 Å². The molecule has 0 heterocycles. The van der Waals surface area contributed by atoms with Gasteiger partial charge in [0.2, 0.25) is 5.75 Å². The van der Waals surface area contributed by atoms with Gasteiger partial charge in [-0.15, -0.1) is 0 Å². The average Bonchev–Trinajstić information content (AvgIpc) is 2.43. The Morgan fingerprint density at radius 2 is 2.00 bits per heavy atom. The number of hydrogen-bond donors (Lipinski definition) is 1. The van der Waals surface area contributed by atoms with Gasteiger partial charge in [-0.25, -0.2) is 0 Å². The van der Waals surface area contributed by atoms with E-state index in [1.165, 1.54) is 6.07 Å². The van der Waals surface area contributed by atoms with E-state index in [0.717, 1.165) is 5.56 Å². The molecule has 6 heteroatoms. The van der Waals surface area contributed by atoms with E-state index in [2.05, 4.69) is 21.2 Å². The van der Waals surface area contributed by atoms with Crippen LogP contribution in [0.15, 0.2) is 46.9 Å². The van der Waals surface area contributed by atoms with Crippen LogP contribution in [-0.2, 0) is 6.54 Å². The molecule has 2 rings (SSSR count). The number of halogens is 1. The molecule has 0 saturated heterocycles. The number of benzene rings is 2. The summed E-state index contributed by atoms with van der Waals surface area (Å²) in [5.74, 6) is 0.828. The summed E-state index contributed by atoms with van der Waals surface area (Å²) in [6.45, 7) is 0.625. The van der Waals surface area contributed by atoms with E-state index in [1.54, 1.807) is 18.2 Å². The Kier molecular flexibility index (Phi) is 4.70. The zero-order valence-corrected chi connectivity index (χ0v) is 12.4. The van der Waals surface area contributed by atoms with Gasteiger partial charge in [-0.1, -0.05) is 34.1 Å². The first-order valence-electron chi connectivity index (χ1n) is 5.96. The van der Waals surface area contributed by atoms with Gasteiger partial charge in [0.05, 0.1) is 4.92 Å². The maximum atomic E-state index is 11.1. The smallest absolute Gasteiger partial charge is 0.312 e. The third kappa shape index (κ3) is 3.34. The monoisotopic (exact) mass is 336 g/mol. The quantitative estimate of drug-likeness (QED) is 0.664. The van der Waals surface area contributed by atoms with Gasteiger partial charge in [-0.3, -0.25) is 10.1 Å². The van der Waals surface area contributed by atoms with E-state index in [4.69, 9.17) is 4.74 Å². The largest absolute Gasteiger partial charge is 0.450 e. The first-order valence-corrected chi connectivity index (χ1v) is 6.75. The Morgan fingerprint density at radius 1 is 1.25 bits per heavy atom. The van der Waals surface area contributed by atoms with Crippen LogP contribution in [0.2, 0.25) is 0 Å². The van der Waals surface area contributed by atoms with Crippen molar-refractivity contribution in [3.63, 3.8) is 0 Å². The first kappa shape index (κ1) is 14.5. The highest BCUT2D eigenvalue weighted by Crippen LogP contribution is 2.34. The molecule has 0 fully saturated rings. The SMILES string of the molecule is CNCc1ccccc1Oc1ccc(Br)cc1[N+](=O)[O-]. The zero-order chi connectivity index (χ0) is 14.5. The molecule has 104 valence electrons. The molecule has 20 heavy (non-hydrogen) atoms. The number of ether oxygens (including phenoxy) is 1. The average molecular weight is 337 g/mol. The normalized spacial score (nSPS) is 10.3. The molecular weight excluding hydrogens is 324 g/mol. The van der Waals surface area contributed by atoms with E-state index >= 15 is 0 Å². The number of nitro benzene ring substituents is 1. The molecular formula is C14H13BrN2O3. The number of nitrogens with zero attached hydrogens (tertiary/aromatic N) is 1. The number of rotatable bonds is 5. The van der Waals surface area contributed by atoms with Crippen molar-refractivity contribution in [3.05, 3.63) is 62.6 Å². The molecule has 2 aromatic rings. The lowest BCUT2D eigenvalue weighted by Crippen LogP contribution is -2.06. The molecule has 0 radical (unpaired) electrons. The summed E-state index contributed by atoms with van der Waals surface area (Å²) >= 11 is 3.22. The summed E-state index contributed by atoms with van der Waals surface area (Å²) in [5.41, 5.74) is 0.867. The Labute approximate surface area is 124 Å². The molecule has 0 unspecified atom stereocenters. The van der Waals surface area contributed by atoms with Crippen molar-refractivity contribution >= 4 is 21.6 Å². The fraction of sp³-hybridized carbons (Fsp3) is 0.143. The minimum Gasteiger partial charge on any atom is -0.450 e. The second-order valence-electron chi connectivity index (χ2n) is 4.11. The second-order valence-corrected chi connectivity index (χ2v) is 5.02. The predicted molar refractivity (Wildman–Crippen MR) is 80.1 cm³/mol. The minimum absolute atomic E-state index is 0.0707. The van der Waals surface area contributed by atoms with E-state index in [9.17, 15) is 10.1 Å². The summed E-state index contributed by atoms with van der Waals surface area (Å²) in [7, 11) is 1.83. The van der Waals surface area contributed by atoms with Crippen LogP contribution in [0.1, 0.15) is 5.56 Å². The lowest BCUT2D eigenvalue weighted by Gasteiger charge is -2.11. The minimum atomic E-state index is -0.458. The van der Waals surface area contributed by atoms with Gasteiger partial charge in [0.15, 0.2) is 0 Å². The van der Waals surface area contributed by atoms with E-state index in [1.807, 2.05) is 25.2 Å². The molecule has 5 nitrogen and oxygen atoms in total. The van der Waals surface area contributed by atoms with Crippen LogP contribution in [0, 0.1) is 10.1 Å². The summed E-state index contributed by atoms with van der Waals surface area (Å²) < 4.78 is 6.35. The van der Waals surface area contributed by atoms with Crippen molar-refractivity contribution in [1.82, 2.24) is 5.32 Å². The van der Waals surface area contributed by atoms with Crippen molar-refractivity contribution in [3.8, 4) is 11.5 Å². The van der Waals surface area contributed by atoms with Gasteiger partial charge in [-0.2, -0.15) is 0 Å². The van der Waals surface area contributed by atoms with Gasteiger partial charge in [0, 0.05) is 22.6 Å². The van der Waals surface area contributed by atoms with Crippen LogP contribution >= 0.6 is 15.9 Å². The van der Waals surface area contributed by atoms with Gasteiger partial charge in [-0.05, 0) is 25.2 Å². The fourth-order valence-corrected chi connectivity index (χ4v) is 2.13. The summed E-state index contributed by atoms with van der Waals surface area (Å²) in [6, 6.07) is 12.2. The van der Waals surface area contributed by atoms with E-state index < -0.39 is 4.92 Å². The van der Waals surface area contributed by atoms with Crippen molar-refractivity contribution in [1.29, 1.82) is 0 Å². The topological polar surface area (TPSA) is 64.4 Å². The third-order valence-electron chi connectivity index (χ3n) is 2.68. The molecule has 0 spiro atoms. The molecule has 0 amide bonds. The Bertz CT molecular complexity index is 632. The van der Waals surface area contributed by atoms with Crippen molar-refractivity contribution < 1.29 is 9.66 Å². The number of nitro groups is 1. The van der Waals surface area contributed by atoms with Crippen molar-refractivity contribution in [2.24, 2.45) is 0 Å². The lowest BCUT2D eigenvalue weighted by molar-refractivity contribution is -0.385. The van der Waals surface area contributed by atoms with Gasteiger partial charge in [0.25, 0.3) is 0 Å². The van der Waals surface area contributed by atoms with E-state index in [0.29, 0.717) is 16.8 Å². The molecule has 0 saturated carbocycles. The Balaban J connectivity index is 2.37. The van der Waals surface area contributed by atoms with Crippen molar-refractivity contribution in [2.45, 2.75) is 6.54 Å². The highest BCUT2D eigenvalue weighted by Gasteiger charge is 2.17. The van der Waals surface area contributed by atoms with Gasteiger partial charge >= 0.3 is 5.69 Å². The summed E-state index contributed by atoms with van der Waals surface area (Å²) in [6.07, 6.45) is 0. The van der Waals surface area contributed by atoms with Crippen LogP contribution < -0.4 is 10.1 Å². The number of para-hydroxylation sites is 1. The molecule has 1 N–H and O–H groups in total. The third-order valence-corrected chi connectivity index (χ3v) is 3.17. The molecule has 0 bridgehead atoms. The molecule has 0 aromatic heterocycles. The van der Waals surface area contributed by atoms with Crippen LogP contribution in [-0.4, -0.2) is 12.0 Å². The molecule has 0 aliphatic heterocycles. The maximum Gasteiger partial charge on any atom is 0.312 e. The Morgan fingerprint density at radius 3 is 2.70 bits per heavy atom. The highest BCUT2D eigenvalue weighted by molar-refractivity contribution is 9.10. The Hall–Kier alpha value is -1.92. The molecule has 0 atom stereocenters. The van der Waals surface area contributed by atoms with Crippen LogP contribution in [0.3, 0.4) is 0 Å². The highest BCUT2D eigenvalue weighted by atomic mass is 79.9. The molecule has 2 aromatic carbocycles. The lowest BCUT2D eigenvalue weighted by atomic mass is 10.2. The van der Waals surface area contributed by atoms with Crippen LogP contribution in [0.4, 0.5) is 5.69 Å². The van der Waals surface area contributed by atoms with Gasteiger partial charge < -0.3 is 10.1 Å². The molecule has 0 aliphatic carbocycles. The predicted octanol–water partition coefficient (Wildman–Crippen LogP) is 3.87. The maximum absolute atomic E-state index is 11.1. The summed E-state index contributed by atoms with van der Waals surface area (Å²) in [5, 5.41) is 14.1. The second kappa shape index (κ2) is 6.49.